The molecule has 0 radical (unpaired) electrons. The Kier molecular flexibility index (Phi) is 43.5. The van der Waals surface area contributed by atoms with Crippen LogP contribution in [-0.2, 0) is 44.7 Å². The molecule has 0 saturated carbocycles. The first-order valence-corrected chi connectivity index (χ1v) is 26.1. The molecule has 2 unspecified atom stereocenters. The number of hydrogen-bond acceptors (Lipinski definition) is 11. The molecule has 0 aromatic carbocycles. The first kappa shape index (κ1) is 82.6. The first-order valence-electron chi connectivity index (χ1n) is 26.1. The molecule has 2 atom stereocenters. The molecule has 438 valence electrons. The fourth-order valence-electron chi connectivity index (χ4n) is 5.34. The van der Waals surface area contributed by atoms with Crippen molar-refractivity contribution in [2.75, 3.05) is 13.2 Å². The molecule has 1 heterocycles. The molecular formula is C65H109N3O9. The minimum absolute atomic E-state index is 0.0312. The molecule has 0 saturated heterocycles. The lowest BCUT2D eigenvalue weighted by atomic mass is 9.87. The van der Waals surface area contributed by atoms with Gasteiger partial charge in [0.2, 0.25) is 5.78 Å². The van der Waals surface area contributed by atoms with Crippen LogP contribution < -0.4 is 0 Å². The second kappa shape index (κ2) is 40.5. The summed E-state index contributed by atoms with van der Waals surface area (Å²) in [6.45, 7) is 67.8. The van der Waals surface area contributed by atoms with Crippen LogP contribution in [0, 0.1) is 56.2 Å². The molecule has 1 aromatic heterocycles. The van der Waals surface area contributed by atoms with Gasteiger partial charge in [-0.05, 0) is 99.2 Å². The number of ketones is 3. The largest absolute Gasteiger partial charge is 0.463 e. The van der Waals surface area contributed by atoms with E-state index in [1.54, 1.807) is 31.2 Å². The number of carbonyl (C=O) groups is 5. The van der Waals surface area contributed by atoms with Crippen LogP contribution in [-0.4, -0.2) is 75.0 Å². The molecule has 0 spiro atoms. The number of esters is 2. The average Bonchev–Trinajstić information content (AvgIpc) is 3.67. The zero-order chi connectivity index (χ0) is 62.4. The highest BCUT2D eigenvalue weighted by atomic mass is 16.5. The zero-order valence-electron chi connectivity index (χ0n) is 53.0. The molecule has 1 N–H and O–H groups in total. The Morgan fingerprint density at radius 2 is 1.22 bits per heavy atom. The molecule has 0 amide bonds. The van der Waals surface area contributed by atoms with Gasteiger partial charge >= 0.3 is 11.9 Å². The van der Waals surface area contributed by atoms with Gasteiger partial charge in [-0.25, -0.2) is 14.6 Å². The van der Waals surface area contributed by atoms with Gasteiger partial charge < -0.3 is 23.9 Å². The van der Waals surface area contributed by atoms with Crippen molar-refractivity contribution in [2.24, 2.45) is 32.5 Å². The predicted octanol–water partition coefficient (Wildman–Crippen LogP) is 15.4. The summed E-state index contributed by atoms with van der Waals surface area (Å²) < 4.78 is 17.2. The van der Waals surface area contributed by atoms with Gasteiger partial charge in [0.05, 0.1) is 36.6 Å². The van der Waals surface area contributed by atoms with Crippen LogP contribution in [0.4, 0.5) is 0 Å². The van der Waals surface area contributed by atoms with Gasteiger partial charge in [-0.1, -0.05) is 175 Å². The maximum absolute atomic E-state index is 11.2. The summed E-state index contributed by atoms with van der Waals surface area (Å²) in [5.41, 5.74) is 1.63. The second-order valence-corrected chi connectivity index (χ2v) is 26.5. The fourth-order valence-corrected chi connectivity index (χ4v) is 5.34. The number of aliphatic hydroxyl groups is 1. The summed E-state index contributed by atoms with van der Waals surface area (Å²) in [6, 6.07) is 1.84. The van der Waals surface area contributed by atoms with Gasteiger partial charge in [0.25, 0.3) is 0 Å². The van der Waals surface area contributed by atoms with Gasteiger partial charge in [0.1, 0.15) is 11.9 Å². The summed E-state index contributed by atoms with van der Waals surface area (Å²) in [5, 5.41) is 17.7. The molecule has 0 aliphatic rings. The number of nitrogens with zero attached hydrogens (tertiary/aromatic N) is 3. The molecule has 1 aromatic rings. The first-order chi connectivity index (χ1) is 34.5. The number of ether oxygens (including phenoxy) is 3. The molecule has 0 fully saturated rings. The smallest absolute Gasteiger partial charge is 0.330 e. The highest BCUT2D eigenvalue weighted by Gasteiger charge is 2.24. The quantitative estimate of drug-likeness (QED) is 0.0416. The standard InChI is InChI=1S/C10H16N2.C10H18O3.C10H16O2.C10H18O.C9H15NO.C8H14O.C8H12O/c1-5-9-11-6-7-12(9)8-10(2,3)4;1-5-12-9(11)7-6-8-13-10(2,3)4;1-6-8(10(3,4)5)12-9(11)7-2;1-8(2)6-9(11)7-10(3,4)5;1-7(6-10)8(11)5-9(2,3)4;2*1-5-7(9)6-8(2,3)4/h5-7H,1,8H2,2-4H3;6-7H,5,8H2,1-4H3;6-8H,1-2H2,3-5H3;6H,7H2,1-5H3;8,11H,1,5H2,2-4H3;5H,1,6H2,2-4H3;1H,6H2,2-4H3/b;7-6+;;;;;. The van der Waals surface area contributed by atoms with Gasteiger partial charge in [0.15, 0.2) is 11.6 Å². The maximum atomic E-state index is 11.2. The molecule has 0 bridgehead atoms. The van der Waals surface area contributed by atoms with Crippen LogP contribution in [0.2, 0.25) is 0 Å². The highest BCUT2D eigenvalue weighted by molar-refractivity contribution is 5.95. The third kappa shape index (κ3) is 66.4. The highest BCUT2D eigenvalue weighted by Crippen LogP contribution is 2.25. The number of rotatable bonds is 16. The van der Waals surface area contributed by atoms with E-state index in [0.29, 0.717) is 44.3 Å². The van der Waals surface area contributed by atoms with E-state index in [1.807, 2.05) is 136 Å². The average molecular weight is 1080 g/mol. The molecule has 1 rings (SSSR count). The summed E-state index contributed by atoms with van der Waals surface area (Å²) in [7, 11) is 0. The van der Waals surface area contributed by atoms with E-state index in [-0.39, 0.29) is 67.7 Å². The van der Waals surface area contributed by atoms with Crippen LogP contribution >= 0.6 is 0 Å². The third-order valence-corrected chi connectivity index (χ3v) is 8.50. The molecule has 0 aliphatic heterocycles. The lowest BCUT2D eigenvalue weighted by Crippen LogP contribution is -2.28. The van der Waals surface area contributed by atoms with E-state index >= 15 is 0 Å². The summed E-state index contributed by atoms with van der Waals surface area (Å²) in [6.07, 6.45) is 20.7. The molecule has 0 aliphatic carbocycles. The minimum Gasteiger partial charge on any atom is -0.463 e. The Bertz CT molecular complexity index is 2080. The molecule has 12 nitrogen and oxygen atoms in total. The molecule has 77 heavy (non-hydrogen) atoms. The number of allylic oxidation sites excluding steroid dienone is 3. The lowest BCUT2D eigenvalue weighted by molar-refractivity contribution is -0.145. The summed E-state index contributed by atoms with van der Waals surface area (Å²) >= 11 is 0. The van der Waals surface area contributed by atoms with Crippen molar-refractivity contribution in [1.82, 2.24) is 9.55 Å². The number of aliphatic hydroxyl groups excluding tert-OH is 1. The number of carbonyl (C=O) groups excluding carboxylic acids is 5. The Hall–Kier alpha value is -5.69. The summed E-state index contributed by atoms with van der Waals surface area (Å²) in [5.74, 6) is 2.56. The van der Waals surface area contributed by atoms with Crippen molar-refractivity contribution in [1.29, 1.82) is 5.26 Å². The third-order valence-electron chi connectivity index (χ3n) is 8.50. The van der Waals surface area contributed by atoms with E-state index in [2.05, 4.69) is 89.9 Å². The van der Waals surface area contributed by atoms with E-state index in [9.17, 15) is 29.1 Å². The number of imidazole rings is 1. The summed E-state index contributed by atoms with van der Waals surface area (Å²) in [4.78, 5) is 58.3. The van der Waals surface area contributed by atoms with Crippen molar-refractivity contribution in [3.8, 4) is 18.4 Å². The molecule has 12 heteroatoms. The van der Waals surface area contributed by atoms with Crippen molar-refractivity contribution in [3.05, 3.63) is 98.7 Å². The topological polar surface area (TPSA) is 175 Å². The monoisotopic (exact) mass is 1080 g/mol. The van der Waals surface area contributed by atoms with Gasteiger partial charge in [-0.3, -0.25) is 14.4 Å². The van der Waals surface area contributed by atoms with Crippen LogP contribution in [0.15, 0.2) is 92.9 Å². The number of nitriles is 1. The van der Waals surface area contributed by atoms with Crippen molar-refractivity contribution in [3.63, 3.8) is 0 Å². The SMILES string of the molecule is C#CC(=O)CC(C)(C)C.C=C(C#N)C(O)CC(C)(C)C.C=CC(=O)CC(C)(C)C.C=CC(=O)OC(C=C)C(C)(C)C.C=Cc1nccn1CC(C)(C)C.CC(C)=CC(=O)CC(C)(C)C.CCOC(=O)/C=C/COC(C)(C)C. The fraction of sp³-hybridized carbons (Fsp3) is 0.615. The van der Waals surface area contributed by atoms with Gasteiger partial charge in [-0.15, -0.1) is 6.42 Å². The van der Waals surface area contributed by atoms with E-state index in [1.165, 1.54) is 12.2 Å². The maximum Gasteiger partial charge on any atom is 0.330 e. The lowest BCUT2D eigenvalue weighted by Gasteiger charge is -2.26. The van der Waals surface area contributed by atoms with Gasteiger partial charge in [-0.2, -0.15) is 5.26 Å². The Labute approximate surface area is 470 Å². The van der Waals surface area contributed by atoms with Crippen molar-refractivity contribution in [2.45, 2.75) is 216 Å². The van der Waals surface area contributed by atoms with Gasteiger partial charge in [0, 0.05) is 55.8 Å². The van der Waals surface area contributed by atoms with Crippen LogP contribution in [0.3, 0.4) is 0 Å². The molecular weight excluding hydrogens is 967 g/mol. The van der Waals surface area contributed by atoms with Crippen molar-refractivity contribution < 1.29 is 43.3 Å². The predicted molar refractivity (Wildman–Crippen MR) is 324 cm³/mol. The van der Waals surface area contributed by atoms with Crippen molar-refractivity contribution >= 4 is 35.4 Å². The van der Waals surface area contributed by atoms with E-state index in [0.717, 1.165) is 24.0 Å². The zero-order valence-corrected chi connectivity index (χ0v) is 53.0. The van der Waals surface area contributed by atoms with Crippen LogP contribution in [0.5, 0.6) is 0 Å². The Balaban J connectivity index is -0.000000192. The minimum atomic E-state index is -0.681. The van der Waals surface area contributed by atoms with Crippen LogP contribution in [0.1, 0.15) is 198 Å². The number of Topliss-reactive ketones (excluding diaryl/α,β-unsaturated/α-hetero) is 1. The van der Waals surface area contributed by atoms with E-state index in [4.69, 9.17) is 25.9 Å². The normalized spacial score (nSPS) is 11.9. The second-order valence-electron chi connectivity index (χ2n) is 26.5. The van der Waals surface area contributed by atoms with E-state index < -0.39 is 12.1 Å². The number of hydrogen-bond donors (Lipinski definition) is 1. The number of terminal acetylenes is 1. The Morgan fingerprint density at radius 1 is 0.740 bits per heavy atom. The van der Waals surface area contributed by atoms with Crippen LogP contribution in [0.25, 0.3) is 6.08 Å². The Morgan fingerprint density at radius 3 is 1.52 bits per heavy atom. The number of aromatic nitrogens is 2.